The van der Waals surface area contributed by atoms with Crippen LogP contribution in [-0.2, 0) is 6.42 Å². The van der Waals surface area contributed by atoms with E-state index in [1.54, 1.807) is 6.92 Å². The van der Waals surface area contributed by atoms with Crippen molar-refractivity contribution in [3.8, 4) is 5.75 Å². The van der Waals surface area contributed by atoms with Gasteiger partial charge in [0.05, 0.1) is 10.0 Å². The monoisotopic (exact) mass is 226 g/mol. The van der Waals surface area contributed by atoms with Gasteiger partial charge in [-0.1, -0.05) is 30.1 Å². The van der Waals surface area contributed by atoms with Crippen molar-refractivity contribution < 1.29 is 13.9 Å². The van der Waals surface area contributed by atoms with Crippen LogP contribution in [0.5, 0.6) is 5.75 Å². The third kappa shape index (κ3) is 1.58. The second-order valence-corrected chi connectivity index (χ2v) is 3.19. The molecule has 0 saturated carbocycles. The molecular formula is C8H6Cl2F2O. The van der Waals surface area contributed by atoms with E-state index in [0.29, 0.717) is 6.42 Å². The summed E-state index contributed by atoms with van der Waals surface area (Å²) in [7, 11) is 0. The van der Waals surface area contributed by atoms with E-state index in [1.165, 1.54) is 0 Å². The van der Waals surface area contributed by atoms with E-state index >= 15 is 0 Å². The fourth-order valence-electron chi connectivity index (χ4n) is 0.979. The molecule has 1 aromatic rings. The molecule has 1 N–H and O–H groups in total. The zero-order valence-electron chi connectivity index (χ0n) is 6.67. The zero-order valence-corrected chi connectivity index (χ0v) is 8.18. The third-order valence-electron chi connectivity index (χ3n) is 1.68. The Morgan fingerprint density at radius 2 is 1.69 bits per heavy atom. The van der Waals surface area contributed by atoms with Crippen LogP contribution in [-0.4, -0.2) is 5.11 Å². The molecule has 0 bridgehead atoms. The number of phenolic OH excluding ortho intramolecular Hbond substituents is 1. The van der Waals surface area contributed by atoms with Gasteiger partial charge in [0.1, 0.15) is 0 Å². The summed E-state index contributed by atoms with van der Waals surface area (Å²) in [6, 6.07) is 0. The van der Waals surface area contributed by atoms with Gasteiger partial charge in [-0.2, -0.15) is 4.39 Å². The van der Waals surface area contributed by atoms with Gasteiger partial charge in [-0.3, -0.25) is 0 Å². The number of aromatic hydroxyl groups is 1. The average molecular weight is 227 g/mol. The lowest BCUT2D eigenvalue weighted by Crippen LogP contribution is -1.94. The molecular weight excluding hydrogens is 221 g/mol. The zero-order chi connectivity index (χ0) is 10.2. The van der Waals surface area contributed by atoms with Crippen molar-refractivity contribution in [2.24, 2.45) is 0 Å². The van der Waals surface area contributed by atoms with Gasteiger partial charge in [0.15, 0.2) is 11.6 Å². The quantitative estimate of drug-likeness (QED) is 0.574. The number of hydrogen-bond donors (Lipinski definition) is 1. The van der Waals surface area contributed by atoms with Gasteiger partial charge in [-0.25, -0.2) is 4.39 Å². The molecule has 1 nitrogen and oxygen atoms in total. The van der Waals surface area contributed by atoms with Gasteiger partial charge < -0.3 is 5.11 Å². The maximum absolute atomic E-state index is 12.9. The minimum absolute atomic E-state index is 0.208. The van der Waals surface area contributed by atoms with Gasteiger partial charge >= 0.3 is 0 Å². The molecule has 0 radical (unpaired) electrons. The summed E-state index contributed by atoms with van der Waals surface area (Å²) in [5.74, 6) is -3.56. The fourth-order valence-corrected chi connectivity index (χ4v) is 1.65. The number of benzene rings is 1. The SMILES string of the molecule is CCc1c(Cl)c(O)c(F)c(F)c1Cl. The minimum Gasteiger partial charge on any atom is -0.504 e. The van der Waals surface area contributed by atoms with E-state index in [-0.39, 0.29) is 15.6 Å². The van der Waals surface area contributed by atoms with E-state index in [0.717, 1.165) is 0 Å². The summed E-state index contributed by atoms with van der Waals surface area (Å²) in [5.41, 5.74) is 0.208. The number of phenols is 1. The van der Waals surface area contributed by atoms with Gasteiger partial charge in [-0.15, -0.1) is 0 Å². The Hall–Kier alpha value is -0.540. The first-order chi connectivity index (χ1) is 6.00. The van der Waals surface area contributed by atoms with Crippen molar-refractivity contribution in [2.75, 3.05) is 0 Å². The number of rotatable bonds is 1. The van der Waals surface area contributed by atoms with E-state index in [2.05, 4.69) is 0 Å². The highest BCUT2D eigenvalue weighted by molar-refractivity contribution is 6.37. The van der Waals surface area contributed by atoms with Crippen LogP contribution in [0, 0.1) is 11.6 Å². The van der Waals surface area contributed by atoms with Crippen LogP contribution in [0.1, 0.15) is 12.5 Å². The van der Waals surface area contributed by atoms with Crippen molar-refractivity contribution in [3.05, 3.63) is 27.2 Å². The summed E-state index contributed by atoms with van der Waals surface area (Å²) < 4.78 is 25.7. The Kier molecular flexibility index (Phi) is 2.98. The summed E-state index contributed by atoms with van der Waals surface area (Å²) in [6.45, 7) is 1.67. The molecule has 0 atom stereocenters. The lowest BCUT2D eigenvalue weighted by molar-refractivity contribution is 0.406. The minimum atomic E-state index is -1.41. The van der Waals surface area contributed by atoms with Crippen molar-refractivity contribution in [1.29, 1.82) is 0 Å². The van der Waals surface area contributed by atoms with Crippen molar-refractivity contribution in [2.45, 2.75) is 13.3 Å². The molecule has 0 spiro atoms. The second kappa shape index (κ2) is 3.68. The lowest BCUT2D eigenvalue weighted by atomic mass is 10.1. The first-order valence-electron chi connectivity index (χ1n) is 3.54. The Balaban J connectivity index is 3.56. The van der Waals surface area contributed by atoms with Crippen LogP contribution in [0.25, 0.3) is 0 Å². The van der Waals surface area contributed by atoms with Crippen LogP contribution in [0.4, 0.5) is 8.78 Å². The highest BCUT2D eigenvalue weighted by Gasteiger charge is 2.20. The molecule has 0 aliphatic heterocycles. The van der Waals surface area contributed by atoms with Crippen LogP contribution >= 0.6 is 23.2 Å². The first kappa shape index (κ1) is 10.5. The van der Waals surface area contributed by atoms with Crippen LogP contribution in [0.3, 0.4) is 0 Å². The Morgan fingerprint density at radius 1 is 1.15 bits per heavy atom. The summed E-state index contributed by atoms with van der Waals surface area (Å²) in [6.07, 6.45) is 0.322. The number of hydrogen-bond acceptors (Lipinski definition) is 1. The standard InChI is InChI=1S/C8H6Cl2F2O/c1-2-3-4(9)6(11)7(12)8(13)5(3)10/h13H,2H2,1H3. The predicted octanol–water partition coefficient (Wildman–Crippen LogP) is 3.54. The molecule has 1 aromatic carbocycles. The van der Waals surface area contributed by atoms with E-state index in [4.69, 9.17) is 28.3 Å². The number of halogens is 4. The Labute approximate surface area is 83.9 Å². The Bertz CT molecular complexity index is 323. The topological polar surface area (TPSA) is 20.2 Å². The average Bonchev–Trinajstić information content (AvgIpc) is 2.13. The molecule has 0 unspecified atom stereocenters. The molecule has 72 valence electrons. The maximum Gasteiger partial charge on any atom is 0.203 e. The molecule has 13 heavy (non-hydrogen) atoms. The van der Waals surface area contributed by atoms with Crippen LogP contribution < -0.4 is 0 Å². The normalized spacial score (nSPS) is 10.5. The summed E-state index contributed by atoms with van der Waals surface area (Å²) >= 11 is 11.0. The van der Waals surface area contributed by atoms with Gasteiger partial charge in [0.2, 0.25) is 5.82 Å². The molecule has 1 rings (SSSR count). The second-order valence-electron chi connectivity index (χ2n) is 2.44. The molecule has 0 aliphatic carbocycles. The smallest absolute Gasteiger partial charge is 0.203 e. The van der Waals surface area contributed by atoms with E-state index in [9.17, 15) is 8.78 Å². The van der Waals surface area contributed by atoms with Gasteiger partial charge in [-0.05, 0) is 12.0 Å². The Morgan fingerprint density at radius 3 is 2.15 bits per heavy atom. The van der Waals surface area contributed by atoms with E-state index in [1.807, 2.05) is 0 Å². The van der Waals surface area contributed by atoms with Crippen LogP contribution in [0.2, 0.25) is 10.0 Å². The fraction of sp³-hybridized carbons (Fsp3) is 0.250. The third-order valence-corrected chi connectivity index (χ3v) is 2.49. The van der Waals surface area contributed by atoms with Crippen molar-refractivity contribution in [3.63, 3.8) is 0 Å². The summed E-state index contributed by atoms with van der Waals surface area (Å²) in [4.78, 5) is 0. The molecule has 0 aliphatic rings. The van der Waals surface area contributed by atoms with Crippen LogP contribution in [0.15, 0.2) is 0 Å². The molecule has 0 fully saturated rings. The highest BCUT2D eigenvalue weighted by Crippen LogP contribution is 2.37. The molecule has 0 saturated heterocycles. The van der Waals surface area contributed by atoms with Gasteiger partial charge in [0.25, 0.3) is 0 Å². The molecule has 5 heteroatoms. The van der Waals surface area contributed by atoms with Crippen molar-refractivity contribution in [1.82, 2.24) is 0 Å². The first-order valence-corrected chi connectivity index (χ1v) is 4.30. The van der Waals surface area contributed by atoms with E-state index < -0.39 is 17.4 Å². The largest absolute Gasteiger partial charge is 0.504 e. The summed E-state index contributed by atoms with van der Waals surface area (Å²) in [5, 5.41) is 8.42. The maximum atomic E-state index is 12.9. The highest BCUT2D eigenvalue weighted by atomic mass is 35.5. The lowest BCUT2D eigenvalue weighted by Gasteiger charge is -2.08. The molecule has 0 amide bonds. The predicted molar refractivity (Wildman–Crippen MR) is 47.4 cm³/mol. The van der Waals surface area contributed by atoms with Crippen molar-refractivity contribution >= 4 is 23.2 Å². The molecule has 0 heterocycles. The molecule has 0 aromatic heterocycles. The van der Waals surface area contributed by atoms with Gasteiger partial charge in [0, 0.05) is 0 Å².